The van der Waals surface area contributed by atoms with Crippen molar-refractivity contribution in [1.29, 1.82) is 0 Å². The van der Waals surface area contributed by atoms with Crippen molar-refractivity contribution < 1.29 is 0 Å². The van der Waals surface area contributed by atoms with E-state index < -0.39 is 0 Å². The molecular weight excluding hydrogens is 369 g/mol. The predicted octanol–water partition coefficient (Wildman–Crippen LogP) is 3.90. The number of imidazole rings is 1. The molecule has 3 aromatic rings. The summed E-state index contributed by atoms with van der Waals surface area (Å²) in [6.07, 6.45) is 0. The molecule has 8 heteroatoms. The largest absolute Gasteiger partial charge is 0.339 e. The van der Waals surface area contributed by atoms with Crippen molar-refractivity contribution in [3.8, 4) is 0 Å². The molecule has 5 nitrogen and oxygen atoms in total. The van der Waals surface area contributed by atoms with Gasteiger partial charge >= 0.3 is 0 Å². The van der Waals surface area contributed by atoms with Gasteiger partial charge in [-0.2, -0.15) is 4.98 Å². The van der Waals surface area contributed by atoms with Crippen molar-refractivity contribution >= 4 is 51.9 Å². The molecule has 24 heavy (non-hydrogen) atoms. The number of halogens is 3. The highest BCUT2D eigenvalue weighted by atomic mass is 35.5. The van der Waals surface area contributed by atoms with Gasteiger partial charge in [-0.15, -0.1) is 0 Å². The zero-order valence-corrected chi connectivity index (χ0v) is 14.8. The van der Waals surface area contributed by atoms with Gasteiger partial charge in [-0.3, -0.25) is 0 Å². The highest BCUT2D eigenvalue weighted by Gasteiger charge is 2.28. The average Bonchev–Trinajstić information content (AvgIpc) is 2.87. The van der Waals surface area contributed by atoms with Crippen LogP contribution in [0.25, 0.3) is 11.2 Å². The lowest BCUT2D eigenvalue weighted by molar-refractivity contribution is 0.414. The molecule has 1 fully saturated rings. The van der Waals surface area contributed by atoms with Gasteiger partial charge in [0.1, 0.15) is 5.15 Å². The molecule has 1 aromatic carbocycles. The minimum absolute atomic E-state index is 0.396. The summed E-state index contributed by atoms with van der Waals surface area (Å²) in [5, 5.41) is 5.25. The number of hydrogen-bond acceptors (Lipinski definition) is 4. The number of anilines is 1. The quantitative estimate of drug-likeness (QED) is 0.672. The zero-order chi connectivity index (χ0) is 16.7. The van der Waals surface area contributed by atoms with Gasteiger partial charge in [-0.1, -0.05) is 34.8 Å². The molecule has 0 saturated carbocycles. The molecule has 4 rings (SSSR count). The number of rotatable bonds is 4. The van der Waals surface area contributed by atoms with E-state index in [-0.39, 0.29) is 0 Å². The fourth-order valence-electron chi connectivity index (χ4n) is 2.76. The third kappa shape index (κ3) is 3.30. The number of aromatic nitrogens is 3. The van der Waals surface area contributed by atoms with Crippen molar-refractivity contribution in [3.63, 3.8) is 0 Å². The summed E-state index contributed by atoms with van der Waals surface area (Å²) >= 11 is 17.9. The van der Waals surface area contributed by atoms with Crippen LogP contribution in [0.15, 0.2) is 30.3 Å². The first-order valence-electron chi connectivity index (χ1n) is 7.52. The predicted molar refractivity (Wildman–Crippen MR) is 98.2 cm³/mol. The van der Waals surface area contributed by atoms with Crippen LogP contribution in [0.4, 0.5) is 5.95 Å². The lowest BCUT2D eigenvalue weighted by atomic mass is 10.1. The third-order valence-corrected chi connectivity index (χ3v) is 4.64. The van der Waals surface area contributed by atoms with Crippen LogP contribution in [-0.2, 0) is 6.54 Å². The van der Waals surface area contributed by atoms with Crippen molar-refractivity contribution in [1.82, 2.24) is 20.3 Å². The van der Waals surface area contributed by atoms with Crippen molar-refractivity contribution in [2.24, 2.45) is 0 Å². The Morgan fingerprint density at radius 3 is 2.58 bits per heavy atom. The van der Waals surface area contributed by atoms with Gasteiger partial charge in [0.25, 0.3) is 0 Å². The van der Waals surface area contributed by atoms with Crippen LogP contribution in [-0.4, -0.2) is 34.1 Å². The summed E-state index contributed by atoms with van der Waals surface area (Å²) in [6, 6.07) is 9.62. The Hall–Kier alpha value is -1.53. The van der Waals surface area contributed by atoms with Crippen LogP contribution in [0, 0.1) is 0 Å². The summed E-state index contributed by atoms with van der Waals surface area (Å²) in [4.78, 5) is 14.1. The summed E-state index contributed by atoms with van der Waals surface area (Å²) in [5.41, 5.74) is 2.61. The molecular formula is C16H14Cl3N5. The minimum Gasteiger partial charge on any atom is -0.339 e. The molecule has 3 heterocycles. The summed E-state index contributed by atoms with van der Waals surface area (Å²) in [5.74, 6) is 0.823. The first-order chi connectivity index (χ1) is 11.6. The lowest BCUT2D eigenvalue weighted by Crippen LogP contribution is -2.58. The van der Waals surface area contributed by atoms with Gasteiger partial charge in [-0.25, -0.2) is 4.98 Å². The van der Waals surface area contributed by atoms with Gasteiger partial charge in [0.15, 0.2) is 5.65 Å². The maximum Gasteiger partial charge on any atom is 0.205 e. The number of hydrogen-bond donors (Lipinski definition) is 2. The Labute approximate surface area is 153 Å². The molecule has 0 atom stereocenters. The van der Waals surface area contributed by atoms with E-state index in [4.69, 9.17) is 34.8 Å². The molecule has 0 aliphatic carbocycles. The molecule has 0 radical (unpaired) electrons. The second kappa shape index (κ2) is 6.41. The number of benzene rings is 1. The number of aromatic amines is 1. The topological polar surface area (TPSA) is 56.8 Å². The van der Waals surface area contributed by atoms with E-state index >= 15 is 0 Å². The van der Waals surface area contributed by atoms with Crippen LogP contribution in [0.5, 0.6) is 0 Å². The highest BCUT2D eigenvalue weighted by Crippen LogP contribution is 2.23. The first-order valence-corrected chi connectivity index (χ1v) is 8.66. The Morgan fingerprint density at radius 2 is 1.83 bits per heavy atom. The van der Waals surface area contributed by atoms with Crippen LogP contribution < -0.4 is 10.2 Å². The fraction of sp³-hybridized carbons (Fsp3) is 0.250. The molecule has 0 unspecified atom stereocenters. The number of pyridine rings is 1. The SMILES string of the molecule is Clc1cc(Cl)cc(CNC2CN(c3nc4nc(Cl)ccc4[nH]3)C2)c1. The van der Waals surface area contributed by atoms with E-state index in [1.807, 2.05) is 18.2 Å². The first kappa shape index (κ1) is 16.0. The minimum atomic E-state index is 0.396. The zero-order valence-electron chi connectivity index (χ0n) is 12.6. The van der Waals surface area contributed by atoms with Gasteiger partial charge in [0, 0.05) is 35.7 Å². The van der Waals surface area contributed by atoms with Gasteiger partial charge < -0.3 is 15.2 Å². The second-order valence-electron chi connectivity index (χ2n) is 5.83. The average molecular weight is 383 g/mol. The van der Waals surface area contributed by atoms with Crippen LogP contribution in [0.3, 0.4) is 0 Å². The van der Waals surface area contributed by atoms with Crippen LogP contribution in [0.1, 0.15) is 5.56 Å². The molecule has 2 N–H and O–H groups in total. The summed E-state index contributed by atoms with van der Waals surface area (Å²) in [7, 11) is 0. The van der Waals surface area contributed by atoms with Gasteiger partial charge in [-0.05, 0) is 35.9 Å². The standard InChI is InChI=1S/C16H14Cl3N5/c17-10-3-9(4-11(18)5-10)6-20-12-7-24(8-12)16-21-13-1-2-14(19)22-15(13)23-16/h1-5,12,20H,6-8H2,(H,21,22,23). The van der Waals surface area contributed by atoms with E-state index in [1.54, 1.807) is 12.1 Å². The Bertz CT molecular complexity index is 868. The number of nitrogens with one attached hydrogen (secondary N) is 2. The molecule has 1 saturated heterocycles. The maximum absolute atomic E-state index is 6.02. The monoisotopic (exact) mass is 381 g/mol. The van der Waals surface area contributed by atoms with Crippen molar-refractivity contribution in [2.75, 3.05) is 18.0 Å². The van der Waals surface area contributed by atoms with E-state index in [9.17, 15) is 0 Å². The maximum atomic E-state index is 6.02. The molecule has 1 aliphatic heterocycles. The number of nitrogens with zero attached hydrogens (tertiary/aromatic N) is 3. The third-order valence-electron chi connectivity index (χ3n) is 4.00. The van der Waals surface area contributed by atoms with E-state index in [0.29, 0.717) is 26.9 Å². The smallest absolute Gasteiger partial charge is 0.205 e. The lowest BCUT2D eigenvalue weighted by Gasteiger charge is -2.39. The fourth-order valence-corrected chi connectivity index (χ4v) is 3.48. The van der Waals surface area contributed by atoms with Crippen molar-refractivity contribution in [3.05, 3.63) is 51.1 Å². The highest BCUT2D eigenvalue weighted by molar-refractivity contribution is 6.34. The molecule has 1 aliphatic rings. The van der Waals surface area contributed by atoms with Crippen LogP contribution >= 0.6 is 34.8 Å². The Morgan fingerprint density at radius 1 is 1.08 bits per heavy atom. The molecule has 0 spiro atoms. The molecule has 124 valence electrons. The molecule has 0 bridgehead atoms. The van der Waals surface area contributed by atoms with Gasteiger partial charge in [0.05, 0.1) is 5.52 Å². The summed E-state index contributed by atoms with van der Waals surface area (Å²) in [6.45, 7) is 2.49. The van der Waals surface area contributed by atoms with Crippen molar-refractivity contribution in [2.45, 2.75) is 12.6 Å². The summed E-state index contributed by atoms with van der Waals surface area (Å²) < 4.78 is 0. The normalized spacial score (nSPS) is 15.0. The van der Waals surface area contributed by atoms with Crippen LogP contribution in [0.2, 0.25) is 15.2 Å². The molecule has 2 aromatic heterocycles. The van der Waals surface area contributed by atoms with Gasteiger partial charge in [0.2, 0.25) is 5.95 Å². The van der Waals surface area contributed by atoms with E-state index in [2.05, 4.69) is 25.2 Å². The molecule has 0 amide bonds. The Kier molecular flexibility index (Phi) is 4.26. The second-order valence-corrected chi connectivity index (χ2v) is 7.09. The van der Waals surface area contributed by atoms with E-state index in [0.717, 1.165) is 36.7 Å². The van der Waals surface area contributed by atoms with E-state index in [1.165, 1.54) is 0 Å². The number of fused-ring (bicyclic) bond motifs is 1. The Balaban J connectivity index is 1.35. The number of H-pyrrole nitrogens is 1.